The molecule has 5 N–H and O–H groups in total. The molecule has 0 unspecified atom stereocenters. The van der Waals surface area contributed by atoms with Crippen LogP contribution in [0.4, 0.5) is 11.4 Å². The number of rotatable bonds is 5. The average Bonchev–Trinajstić information content (AvgIpc) is 2.68. The van der Waals surface area contributed by atoms with Crippen molar-refractivity contribution in [1.29, 1.82) is 0 Å². The smallest absolute Gasteiger partial charge is 0.207 e. The predicted octanol–water partition coefficient (Wildman–Crippen LogP) is 5.07. The molecule has 0 fully saturated rings. The first-order chi connectivity index (χ1) is 13.8. The number of aliphatic imine (C=N–C) groups is 1. The number of carbonyl (C=O) groups is 1. The van der Waals surface area contributed by atoms with Gasteiger partial charge in [-0.3, -0.25) is 4.79 Å². The molecule has 6 nitrogen and oxygen atoms in total. The zero-order valence-electron chi connectivity index (χ0n) is 15.5. The Morgan fingerprint density at radius 1 is 1.07 bits per heavy atom. The predicted molar refractivity (Wildman–Crippen MR) is 116 cm³/mol. The number of phenolic OH excluding ortho intramolecular Hbond substituents is 2. The van der Waals surface area contributed by atoms with Crippen molar-refractivity contribution in [3.63, 3.8) is 0 Å². The highest BCUT2D eigenvalue weighted by Crippen LogP contribution is 2.31. The minimum atomic E-state index is -0.226. The van der Waals surface area contributed by atoms with E-state index < -0.39 is 0 Å². The molecular formula is C21H19Cl2N3O3. The first-order valence-corrected chi connectivity index (χ1v) is 9.64. The van der Waals surface area contributed by atoms with E-state index in [4.69, 9.17) is 28.9 Å². The fourth-order valence-electron chi connectivity index (χ4n) is 2.85. The second kappa shape index (κ2) is 8.59. The second-order valence-corrected chi connectivity index (χ2v) is 7.27. The number of benzene rings is 2. The van der Waals surface area contributed by atoms with Crippen LogP contribution in [0.3, 0.4) is 0 Å². The Balaban J connectivity index is 2.03. The van der Waals surface area contributed by atoms with Crippen molar-refractivity contribution < 1.29 is 15.0 Å². The van der Waals surface area contributed by atoms with E-state index in [-0.39, 0.29) is 33.0 Å². The van der Waals surface area contributed by atoms with Gasteiger partial charge in [-0.2, -0.15) is 0 Å². The summed E-state index contributed by atoms with van der Waals surface area (Å²) in [6.45, 7) is 1.95. The normalized spacial score (nSPS) is 15.6. The first kappa shape index (κ1) is 20.8. The van der Waals surface area contributed by atoms with E-state index in [1.165, 1.54) is 24.3 Å². The highest BCUT2D eigenvalue weighted by Gasteiger charge is 2.25. The van der Waals surface area contributed by atoms with E-state index in [1.807, 2.05) is 6.92 Å². The van der Waals surface area contributed by atoms with Crippen molar-refractivity contribution >= 4 is 46.1 Å². The van der Waals surface area contributed by atoms with Crippen LogP contribution >= 0.6 is 23.2 Å². The topological polar surface area (TPSA) is 108 Å². The van der Waals surface area contributed by atoms with Crippen molar-refractivity contribution in [3.8, 4) is 11.5 Å². The maximum Gasteiger partial charge on any atom is 0.207 e. The Bertz CT molecular complexity index is 1070. The summed E-state index contributed by atoms with van der Waals surface area (Å²) < 4.78 is 0. The van der Waals surface area contributed by atoms with Crippen LogP contribution in [0.1, 0.15) is 19.8 Å². The third-order valence-corrected chi connectivity index (χ3v) is 4.91. The SMILES string of the molecule is CCCC1=C(N)/C(=N\c2ccc(O)c(Cl)c2)C=C(Nc2ccc(O)c(Cl)c2)C1=O. The van der Waals surface area contributed by atoms with Gasteiger partial charge in [0.25, 0.3) is 0 Å². The van der Waals surface area contributed by atoms with Gasteiger partial charge in [0.2, 0.25) is 5.78 Å². The van der Waals surface area contributed by atoms with E-state index in [0.29, 0.717) is 34.8 Å². The average molecular weight is 432 g/mol. The number of allylic oxidation sites excluding steroid dienone is 2. The minimum Gasteiger partial charge on any atom is -0.506 e. The number of anilines is 1. The second-order valence-electron chi connectivity index (χ2n) is 6.45. The van der Waals surface area contributed by atoms with Crippen LogP contribution < -0.4 is 11.1 Å². The number of hydrogen-bond acceptors (Lipinski definition) is 6. The van der Waals surface area contributed by atoms with Crippen LogP contribution in [0.15, 0.2) is 64.4 Å². The molecule has 8 heteroatoms. The van der Waals surface area contributed by atoms with Gasteiger partial charge in [-0.05, 0) is 48.9 Å². The van der Waals surface area contributed by atoms with Gasteiger partial charge < -0.3 is 21.3 Å². The molecule has 0 aliphatic heterocycles. The van der Waals surface area contributed by atoms with Gasteiger partial charge >= 0.3 is 0 Å². The van der Waals surface area contributed by atoms with Crippen LogP contribution in [0.25, 0.3) is 0 Å². The largest absolute Gasteiger partial charge is 0.506 e. The summed E-state index contributed by atoms with van der Waals surface area (Å²) in [6, 6.07) is 9.09. The molecule has 150 valence electrons. The lowest BCUT2D eigenvalue weighted by Gasteiger charge is -2.20. The van der Waals surface area contributed by atoms with Gasteiger partial charge in [0.1, 0.15) is 11.5 Å². The Kier molecular flexibility index (Phi) is 6.15. The Morgan fingerprint density at radius 2 is 1.72 bits per heavy atom. The van der Waals surface area contributed by atoms with Crippen molar-refractivity contribution in [2.75, 3.05) is 5.32 Å². The van der Waals surface area contributed by atoms with Crippen molar-refractivity contribution in [2.45, 2.75) is 19.8 Å². The number of carbonyl (C=O) groups excluding carboxylic acids is 1. The first-order valence-electron chi connectivity index (χ1n) is 8.88. The third kappa shape index (κ3) is 4.55. The van der Waals surface area contributed by atoms with E-state index in [0.717, 1.165) is 6.42 Å². The summed E-state index contributed by atoms with van der Waals surface area (Å²) >= 11 is 11.9. The quantitative estimate of drug-likeness (QED) is 0.390. The zero-order valence-corrected chi connectivity index (χ0v) is 17.1. The minimum absolute atomic E-state index is 0.0493. The fraction of sp³-hybridized carbons (Fsp3) is 0.143. The Labute approximate surface area is 178 Å². The van der Waals surface area contributed by atoms with Crippen LogP contribution in [0.2, 0.25) is 10.0 Å². The molecular weight excluding hydrogens is 413 g/mol. The van der Waals surface area contributed by atoms with Gasteiger partial charge in [0, 0.05) is 11.3 Å². The van der Waals surface area contributed by atoms with E-state index in [9.17, 15) is 15.0 Å². The van der Waals surface area contributed by atoms with Crippen molar-refractivity contribution in [2.24, 2.45) is 10.7 Å². The molecule has 2 aromatic rings. The van der Waals surface area contributed by atoms with E-state index in [2.05, 4.69) is 10.3 Å². The summed E-state index contributed by atoms with van der Waals surface area (Å²) in [7, 11) is 0. The van der Waals surface area contributed by atoms with Crippen LogP contribution in [0.5, 0.6) is 11.5 Å². The number of Topliss-reactive ketones (excluding diaryl/α,β-unsaturated/α-hetero) is 1. The molecule has 29 heavy (non-hydrogen) atoms. The maximum absolute atomic E-state index is 12.9. The van der Waals surface area contributed by atoms with Gasteiger partial charge in [-0.15, -0.1) is 0 Å². The standard InChI is InChI=1S/C21H19Cl2N3O3/c1-2-3-13-20(24)16(25-11-4-6-18(27)14(22)8-11)10-17(21(13)29)26-12-5-7-19(28)15(23)9-12/h4-10,26-28H,2-3,24H2,1H3/b25-16-. The number of hydrogen-bond donors (Lipinski definition) is 4. The number of aromatic hydroxyl groups is 2. The van der Waals surface area contributed by atoms with E-state index in [1.54, 1.807) is 18.2 Å². The number of ketones is 1. The summed E-state index contributed by atoms with van der Waals surface area (Å²) in [4.78, 5) is 17.4. The number of nitrogens with two attached hydrogens (primary N) is 1. The van der Waals surface area contributed by atoms with Gasteiger partial charge in [-0.1, -0.05) is 36.5 Å². The van der Waals surface area contributed by atoms with Crippen LogP contribution in [0, 0.1) is 0 Å². The molecule has 0 saturated carbocycles. The van der Waals surface area contributed by atoms with Gasteiger partial charge in [-0.25, -0.2) is 4.99 Å². The maximum atomic E-state index is 12.9. The summed E-state index contributed by atoms with van der Waals surface area (Å²) in [6.07, 6.45) is 2.78. The van der Waals surface area contributed by atoms with Crippen LogP contribution in [-0.4, -0.2) is 21.7 Å². The van der Waals surface area contributed by atoms with E-state index >= 15 is 0 Å². The number of nitrogens with one attached hydrogen (secondary N) is 1. The molecule has 1 aliphatic carbocycles. The number of nitrogens with zero attached hydrogens (tertiary/aromatic N) is 1. The summed E-state index contributed by atoms with van der Waals surface area (Å²) in [5, 5.41) is 22.5. The lowest BCUT2D eigenvalue weighted by molar-refractivity contribution is -0.112. The van der Waals surface area contributed by atoms with Crippen LogP contribution in [-0.2, 0) is 4.79 Å². The third-order valence-electron chi connectivity index (χ3n) is 4.31. The molecule has 3 rings (SSSR count). The molecule has 0 amide bonds. The molecule has 2 aromatic carbocycles. The molecule has 0 heterocycles. The van der Waals surface area contributed by atoms with Crippen molar-refractivity contribution in [3.05, 3.63) is 69.5 Å². The molecule has 0 spiro atoms. The lowest BCUT2D eigenvalue weighted by atomic mass is 9.93. The lowest BCUT2D eigenvalue weighted by Crippen LogP contribution is -2.27. The molecule has 0 atom stereocenters. The monoisotopic (exact) mass is 431 g/mol. The molecule has 1 aliphatic rings. The zero-order chi connectivity index (χ0) is 21.1. The fourth-order valence-corrected chi connectivity index (χ4v) is 3.20. The number of phenols is 2. The molecule has 0 aromatic heterocycles. The highest BCUT2D eigenvalue weighted by atomic mass is 35.5. The highest BCUT2D eigenvalue weighted by molar-refractivity contribution is 6.32. The summed E-state index contributed by atoms with van der Waals surface area (Å²) in [5.74, 6) is -0.327. The molecule has 0 saturated heterocycles. The van der Waals surface area contributed by atoms with Crippen molar-refractivity contribution in [1.82, 2.24) is 0 Å². The Morgan fingerprint density at radius 3 is 2.34 bits per heavy atom. The molecule has 0 bridgehead atoms. The molecule has 0 radical (unpaired) electrons. The van der Waals surface area contributed by atoms with Gasteiger partial charge in [0.05, 0.1) is 32.8 Å². The van der Waals surface area contributed by atoms with Gasteiger partial charge in [0.15, 0.2) is 0 Å². The summed E-state index contributed by atoms with van der Waals surface area (Å²) in [5.41, 5.74) is 8.71. The number of halogens is 2. The Hall–Kier alpha value is -2.96.